The Bertz CT molecular complexity index is 273. The maximum atomic E-state index is 10.5. The maximum Gasteiger partial charge on any atom is 0.258 e. The highest BCUT2D eigenvalue weighted by atomic mass is 32.1. The molecule has 1 aromatic heterocycles. The van der Waals surface area contributed by atoms with Crippen molar-refractivity contribution in [2.75, 3.05) is 0 Å². The van der Waals surface area contributed by atoms with E-state index >= 15 is 0 Å². The molecular formula is C4H6N2OS. The molecule has 0 fully saturated rings. The van der Waals surface area contributed by atoms with Crippen molar-refractivity contribution in [3.8, 4) is 0 Å². The first-order chi connectivity index (χ1) is 4.50. The third-order valence-corrected chi connectivity index (χ3v) is 1.42. The van der Waals surface area contributed by atoms with E-state index in [-0.39, 0.29) is 10.4 Å². The van der Waals surface area contributed by atoms with Gasteiger partial charge < -0.3 is 5.73 Å². The van der Waals surface area contributed by atoms with Gasteiger partial charge in [-0.3, -0.25) is 9.17 Å². The molecular weight excluding hydrogens is 124 g/mol. The molecule has 0 spiro atoms. The number of nitrogens with one attached hydrogen (secondary N) is 1. The molecule has 1 rings (SSSR count). The quantitative estimate of drug-likeness (QED) is 0.563. The lowest BCUT2D eigenvalue weighted by atomic mass is 10.5. The topological polar surface area (TPSA) is 58.9 Å². The maximum absolute atomic E-state index is 10.5. The van der Waals surface area contributed by atoms with Crippen LogP contribution in [-0.4, -0.2) is 4.37 Å². The molecule has 1 heterocycles. The van der Waals surface area contributed by atoms with Crippen molar-refractivity contribution < 1.29 is 2.74 Å². The van der Waals surface area contributed by atoms with Crippen LogP contribution in [0.3, 0.4) is 0 Å². The van der Waals surface area contributed by atoms with Crippen molar-refractivity contribution in [1.29, 1.82) is 0 Å². The fraction of sp³-hybridized carbons (Fsp3) is 0.250. The first kappa shape index (κ1) is 3.42. The average Bonchev–Trinajstić information content (AvgIpc) is 2.11. The minimum atomic E-state index is -1.90. The van der Waals surface area contributed by atoms with Crippen LogP contribution in [0, 0.1) is 0 Å². The second-order valence-electron chi connectivity index (χ2n) is 1.22. The summed E-state index contributed by atoms with van der Waals surface area (Å²) in [6.45, 7) is -1.90. The lowest BCUT2D eigenvalue weighted by Crippen LogP contribution is -1.95. The summed E-state index contributed by atoms with van der Waals surface area (Å²) < 4.78 is 16.3. The number of nitrogens with two attached hydrogens (primary N) is 1. The molecule has 0 saturated heterocycles. The molecule has 0 aliphatic heterocycles. The zero-order valence-electron chi connectivity index (χ0n) is 5.97. The largest absolute Gasteiger partial charge is 0.326 e. The molecule has 8 heavy (non-hydrogen) atoms. The third kappa shape index (κ3) is 0.962. The lowest BCUT2D eigenvalue weighted by molar-refractivity contribution is 1.11. The van der Waals surface area contributed by atoms with Crippen LogP contribution in [0.5, 0.6) is 0 Å². The van der Waals surface area contributed by atoms with E-state index in [1.54, 1.807) is 0 Å². The summed E-state index contributed by atoms with van der Waals surface area (Å²) in [4.78, 5) is 10.7. The fourth-order valence-electron chi connectivity index (χ4n) is 0.354. The highest BCUT2D eigenvalue weighted by Crippen LogP contribution is 1.96. The van der Waals surface area contributed by atoms with Crippen molar-refractivity contribution in [3.63, 3.8) is 0 Å². The lowest BCUT2D eigenvalue weighted by Gasteiger charge is -1.77. The number of H-pyrrole nitrogens is 1. The summed E-state index contributed by atoms with van der Waals surface area (Å²) in [5.41, 5.74) is 4.74. The Balaban J connectivity index is 3.07. The normalized spacial score (nSPS) is 15.1. The third-order valence-electron chi connectivity index (χ3n) is 0.666. The van der Waals surface area contributed by atoms with Gasteiger partial charge in [-0.05, 0) is 0 Å². The number of rotatable bonds is 1. The van der Waals surface area contributed by atoms with Gasteiger partial charge in [0.2, 0.25) is 0 Å². The molecule has 0 atom stereocenters. The summed E-state index contributed by atoms with van der Waals surface area (Å²) in [6, 6.07) is 1.16. The first-order valence-corrected chi connectivity index (χ1v) is 2.79. The smallest absolute Gasteiger partial charge is 0.258 e. The van der Waals surface area contributed by atoms with E-state index in [9.17, 15) is 4.79 Å². The second kappa shape index (κ2) is 2.11. The number of hydrogen-bond acceptors (Lipinski definition) is 3. The minimum absolute atomic E-state index is 0.220. The van der Waals surface area contributed by atoms with E-state index in [0.29, 0.717) is 0 Å². The van der Waals surface area contributed by atoms with E-state index in [0.717, 1.165) is 17.6 Å². The van der Waals surface area contributed by atoms with Crippen LogP contribution in [0.15, 0.2) is 10.9 Å². The molecule has 0 aliphatic rings. The molecule has 0 aromatic carbocycles. The molecule has 1 aromatic rings. The van der Waals surface area contributed by atoms with E-state index in [4.69, 9.17) is 8.48 Å². The summed E-state index contributed by atoms with van der Waals surface area (Å²) >= 11 is 0.919. The van der Waals surface area contributed by atoms with Crippen LogP contribution in [0.1, 0.15) is 7.62 Å². The molecule has 3 nitrogen and oxygen atoms in total. The van der Waals surface area contributed by atoms with Gasteiger partial charge >= 0.3 is 0 Å². The Kier molecular flexibility index (Phi) is 0.901. The van der Waals surface area contributed by atoms with Crippen LogP contribution < -0.4 is 11.3 Å². The van der Waals surface area contributed by atoms with Crippen molar-refractivity contribution in [2.45, 2.75) is 6.50 Å². The number of aromatic amines is 1. The monoisotopic (exact) mass is 134 g/mol. The SMILES string of the molecule is [3H]C([3H])(N)c1cc(=O)[nH]s1. The van der Waals surface area contributed by atoms with E-state index in [1.807, 2.05) is 0 Å². The molecule has 0 saturated carbocycles. The molecule has 4 heteroatoms. The predicted molar refractivity (Wildman–Crippen MR) is 32.8 cm³/mol. The van der Waals surface area contributed by atoms with Crippen LogP contribution in [0.4, 0.5) is 0 Å². The van der Waals surface area contributed by atoms with Crippen LogP contribution >= 0.6 is 11.5 Å². The van der Waals surface area contributed by atoms with Crippen LogP contribution in [-0.2, 0) is 6.50 Å². The van der Waals surface area contributed by atoms with Crippen molar-refractivity contribution in [3.05, 3.63) is 21.3 Å². The highest BCUT2D eigenvalue weighted by molar-refractivity contribution is 7.05. The van der Waals surface area contributed by atoms with Gasteiger partial charge in [-0.2, -0.15) is 0 Å². The zero-order chi connectivity index (χ0) is 7.78. The molecule has 0 radical (unpaired) electrons. The Labute approximate surface area is 53.1 Å². The Morgan fingerprint density at radius 3 is 3.12 bits per heavy atom. The van der Waals surface area contributed by atoms with Crippen molar-refractivity contribution in [2.24, 2.45) is 5.73 Å². The van der Waals surface area contributed by atoms with E-state index in [2.05, 4.69) is 4.37 Å². The van der Waals surface area contributed by atoms with E-state index in [1.165, 1.54) is 0 Å². The predicted octanol–water partition coefficient (Wildman–Crippen LogP) is -0.105. The molecule has 0 aliphatic carbocycles. The zero-order valence-corrected chi connectivity index (χ0v) is 4.79. The van der Waals surface area contributed by atoms with Crippen LogP contribution in [0.2, 0.25) is 0 Å². The Morgan fingerprint density at radius 2 is 2.88 bits per heavy atom. The van der Waals surface area contributed by atoms with Gasteiger partial charge in [0.15, 0.2) is 0 Å². The summed E-state index contributed by atoms with van der Waals surface area (Å²) in [5, 5.41) is 0. The molecule has 0 unspecified atom stereocenters. The number of hydrogen-bond donors (Lipinski definition) is 2. The minimum Gasteiger partial charge on any atom is -0.326 e. The van der Waals surface area contributed by atoms with Crippen molar-refractivity contribution >= 4 is 11.5 Å². The van der Waals surface area contributed by atoms with Gasteiger partial charge in [-0.25, -0.2) is 0 Å². The second-order valence-corrected chi connectivity index (χ2v) is 2.07. The van der Waals surface area contributed by atoms with Gasteiger partial charge in [0.25, 0.3) is 5.56 Å². The summed E-state index contributed by atoms with van der Waals surface area (Å²) in [5.74, 6) is 0. The molecule has 0 bridgehead atoms. The van der Waals surface area contributed by atoms with Gasteiger partial charge in [-0.1, -0.05) is 11.5 Å². The molecule has 3 N–H and O–H groups in total. The average molecular weight is 134 g/mol. The Morgan fingerprint density at radius 1 is 2.12 bits per heavy atom. The summed E-state index contributed by atoms with van der Waals surface area (Å²) in [7, 11) is 0. The van der Waals surface area contributed by atoms with Gasteiger partial charge in [0, 0.05) is 20.2 Å². The first-order valence-electron chi connectivity index (χ1n) is 2.98. The summed E-state index contributed by atoms with van der Waals surface area (Å²) in [6.07, 6.45) is 0. The van der Waals surface area contributed by atoms with Crippen molar-refractivity contribution in [1.82, 2.24) is 4.37 Å². The highest BCUT2D eigenvalue weighted by Gasteiger charge is 1.89. The molecule has 44 valence electrons. The molecule has 0 amide bonds. The van der Waals surface area contributed by atoms with Gasteiger partial charge in [-0.15, -0.1) is 0 Å². The van der Waals surface area contributed by atoms with Gasteiger partial charge in [0.1, 0.15) is 0 Å². The fourth-order valence-corrected chi connectivity index (χ4v) is 0.849. The van der Waals surface area contributed by atoms with E-state index < -0.39 is 6.50 Å². The number of aromatic nitrogens is 1. The van der Waals surface area contributed by atoms with Crippen LogP contribution in [0.25, 0.3) is 0 Å². The van der Waals surface area contributed by atoms with Gasteiger partial charge in [0.05, 0.1) is 0 Å². The Hall–Kier alpha value is -0.610. The standard InChI is InChI=1S/C4H6N2OS/c5-2-3-1-4(7)6-8-3/h1H,2,5H2,(H,6,7)/i2T2.